The van der Waals surface area contributed by atoms with E-state index in [2.05, 4.69) is 39.3 Å². The number of hydrogen-bond donors (Lipinski definition) is 0. The van der Waals surface area contributed by atoms with Crippen LogP contribution in [-0.4, -0.2) is 29.9 Å². The van der Waals surface area contributed by atoms with Crippen LogP contribution in [0.1, 0.15) is 20.8 Å². The Balaban J connectivity index is 3.87. The molecule has 0 heterocycles. The average molecular weight is 176 g/mol. The molecule has 0 N–H and O–H groups in total. The van der Waals surface area contributed by atoms with Crippen molar-refractivity contribution in [1.29, 1.82) is 0 Å². The van der Waals surface area contributed by atoms with Gasteiger partial charge in [0, 0.05) is 18.0 Å². The number of hydrogen-bond acceptors (Lipinski definition) is 1. The molecule has 0 spiro atoms. The van der Waals surface area contributed by atoms with Gasteiger partial charge in [0.25, 0.3) is 0 Å². The lowest BCUT2D eigenvalue weighted by molar-refractivity contribution is 0.191. The molecule has 0 atom stereocenters. The van der Waals surface area contributed by atoms with Crippen LogP contribution in [-0.2, 0) is 0 Å². The van der Waals surface area contributed by atoms with Crippen LogP contribution in [0.25, 0.3) is 0 Å². The van der Waals surface area contributed by atoms with Gasteiger partial charge in [-0.2, -0.15) is 0 Å². The lowest BCUT2D eigenvalue weighted by atomic mass is 10.1. The van der Waals surface area contributed by atoms with Gasteiger partial charge < -0.3 is 0 Å². The van der Waals surface area contributed by atoms with Gasteiger partial charge >= 0.3 is 0 Å². The molecule has 0 fully saturated rings. The second-order valence-corrected chi connectivity index (χ2v) is 4.18. The van der Waals surface area contributed by atoms with Crippen molar-refractivity contribution >= 4 is 11.6 Å². The number of likely N-dealkylation sites (N-methyl/N-ethyl adjacent to an activating group) is 1. The molecule has 0 aromatic heterocycles. The molecule has 0 aliphatic carbocycles. The minimum absolute atomic E-state index is 0.203. The summed E-state index contributed by atoms with van der Waals surface area (Å²) in [7, 11) is 2.08. The molecule has 2 heteroatoms. The first-order valence-electron chi connectivity index (χ1n) is 3.81. The fourth-order valence-electron chi connectivity index (χ4n) is 0.615. The van der Waals surface area contributed by atoms with Crippen LogP contribution in [0.4, 0.5) is 0 Å². The van der Waals surface area contributed by atoms with Crippen molar-refractivity contribution in [3.8, 4) is 0 Å². The largest absolute Gasteiger partial charge is 0.298 e. The highest BCUT2D eigenvalue weighted by Crippen LogP contribution is 2.11. The maximum atomic E-state index is 5.62. The molecule has 0 saturated carbocycles. The first kappa shape index (κ1) is 11.0. The Morgan fingerprint density at radius 1 is 1.45 bits per heavy atom. The quantitative estimate of drug-likeness (QED) is 0.471. The summed E-state index contributed by atoms with van der Waals surface area (Å²) in [4.78, 5) is 2.23. The Labute approximate surface area is 75.0 Å². The molecule has 0 amide bonds. The maximum absolute atomic E-state index is 5.62. The second kappa shape index (κ2) is 4.13. The third-order valence-corrected chi connectivity index (χ3v) is 2.17. The van der Waals surface area contributed by atoms with Crippen molar-refractivity contribution in [3.63, 3.8) is 0 Å². The Bertz CT molecular complexity index is 135. The normalized spacial score (nSPS) is 12.2. The molecule has 0 aromatic rings. The van der Waals surface area contributed by atoms with Crippen LogP contribution in [0.3, 0.4) is 0 Å². The minimum Gasteiger partial charge on any atom is -0.298 e. The molecule has 0 unspecified atom stereocenters. The van der Waals surface area contributed by atoms with Gasteiger partial charge in [0.15, 0.2) is 0 Å². The van der Waals surface area contributed by atoms with Crippen molar-refractivity contribution in [2.24, 2.45) is 0 Å². The smallest absolute Gasteiger partial charge is 0.0443 e. The summed E-state index contributed by atoms with van der Waals surface area (Å²) < 4.78 is 0. The summed E-state index contributed by atoms with van der Waals surface area (Å²) >= 11 is 5.62. The summed E-state index contributed by atoms with van der Waals surface area (Å²) in [5, 5.41) is 0. The fraction of sp³-hybridized carbons (Fsp3) is 0.778. The van der Waals surface area contributed by atoms with E-state index < -0.39 is 0 Å². The summed E-state index contributed by atoms with van der Waals surface area (Å²) in [5.74, 6) is 0.556. The molecule has 0 aliphatic rings. The molecule has 0 saturated heterocycles. The van der Waals surface area contributed by atoms with E-state index in [4.69, 9.17) is 11.6 Å². The first-order chi connectivity index (χ1) is 4.88. The minimum atomic E-state index is 0.203. The van der Waals surface area contributed by atoms with E-state index in [0.29, 0.717) is 5.88 Å². The zero-order valence-electron chi connectivity index (χ0n) is 7.95. The van der Waals surface area contributed by atoms with Gasteiger partial charge in [-0.25, -0.2) is 0 Å². The Hall–Kier alpha value is -0.0100. The van der Waals surface area contributed by atoms with Gasteiger partial charge in [-0.05, 0) is 33.4 Å². The number of nitrogens with zero attached hydrogens (tertiary/aromatic N) is 1. The number of rotatable bonds is 3. The topological polar surface area (TPSA) is 3.24 Å². The van der Waals surface area contributed by atoms with E-state index in [1.807, 2.05) is 0 Å². The molecule has 11 heavy (non-hydrogen) atoms. The summed E-state index contributed by atoms with van der Waals surface area (Å²) in [6.07, 6.45) is 0. The molecular formula is C9H18ClN. The standard InChI is InChI=1S/C9H18ClN/c1-8(6-10)7-11(5)9(2,3)4/h1,6-7H2,2-5H3. The van der Waals surface area contributed by atoms with Crippen LogP contribution in [0.15, 0.2) is 12.2 Å². The lowest BCUT2D eigenvalue weighted by Gasteiger charge is -2.32. The molecule has 1 nitrogen and oxygen atoms in total. The zero-order chi connectivity index (χ0) is 9.07. The highest BCUT2D eigenvalue weighted by atomic mass is 35.5. The average Bonchev–Trinajstić information content (AvgIpc) is 1.85. The predicted octanol–water partition coefficient (Wildman–Crippen LogP) is 2.51. The molecule has 0 bridgehead atoms. The predicted molar refractivity (Wildman–Crippen MR) is 52.2 cm³/mol. The van der Waals surface area contributed by atoms with E-state index in [9.17, 15) is 0 Å². The fourth-order valence-corrected chi connectivity index (χ4v) is 0.699. The molecule has 0 aromatic carbocycles. The molecule has 66 valence electrons. The van der Waals surface area contributed by atoms with Crippen molar-refractivity contribution in [1.82, 2.24) is 4.90 Å². The molecule has 0 aliphatic heterocycles. The van der Waals surface area contributed by atoms with Crippen molar-refractivity contribution in [2.75, 3.05) is 19.5 Å². The van der Waals surface area contributed by atoms with Gasteiger partial charge in [0.2, 0.25) is 0 Å². The third kappa shape index (κ3) is 4.44. The van der Waals surface area contributed by atoms with E-state index in [0.717, 1.165) is 12.1 Å². The monoisotopic (exact) mass is 175 g/mol. The maximum Gasteiger partial charge on any atom is 0.0443 e. The van der Waals surface area contributed by atoms with Gasteiger partial charge in [0.05, 0.1) is 0 Å². The molecular weight excluding hydrogens is 158 g/mol. The van der Waals surface area contributed by atoms with Crippen LogP contribution < -0.4 is 0 Å². The van der Waals surface area contributed by atoms with Crippen molar-refractivity contribution < 1.29 is 0 Å². The van der Waals surface area contributed by atoms with E-state index in [1.54, 1.807) is 0 Å². The number of halogens is 1. The van der Waals surface area contributed by atoms with Crippen LogP contribution in [0.2, 0.25) is 0 Å². The Kier molecular flexibility index (Phi) is 4.12. The zero-order valence-corrected chi connectivity index (χ0v) is 8.70. The van der Waals surface area contributed by atoms with Crippen LogP contribution in [0, 0.1) is 0 Å². The van der Waals surface area contributed by atoms with Crippen molar-refractivity contribution in [2.45, 2.75) is 26.3 Å². The highest BCUT2D eigenvalue weighted by molar-refractivity contribution is 6.19. The summed E-state index contributed by atoms with van der Waals surface area (Å²) in [5.41, 5.74) is 1.28. The SMILES string of the molecule is C=C(CCl)CN(C)C(C)(C)C. The molecule has 0 rings (SSSR count). The van der Waals surface area contributed by atoms with E-state index in [-0.39, 0.29) is 5.54 Å². The summed E-state index contributed by atoms with van der Waals surface area (Å²) in [6.45, 7) is 11.3. The second-order valence-electron chi connectivity index (χ2n) is 3.91. The lowest BCUT2D eigenvalue weighted by Crippen LogP contribution is -2.39. The highest BCUT2D eigenvalue weighted by Gasteiger charge is 2.16. The summed E-state index contributed by atoms with van der Waals surface area (Å²) in [6, 6.07) is 0. The Morgan fingerprint density at radius 3 is 2.18 bits per heavy atom. The van der Waals surface area contributed by atoms with Gasteiger partial charge in [-0.3, -0.25) is 4.90 Å². The van der Waals surface area contributed by atoms with Gasteiger partial charge in [-0.15, -0.1) is 11.6 Å². The van der Waals surface area contributed by atoms with Crippen LogP contribution in [0.5, 0.6) is 0 Å². The van der Waals surface area contributed by atoms with E-state index in [1.165, 1.54) is 0 Å². The Morgan fingerprint density at radius 2 is 1.91 bits per heavy atom. The number of alkyl halides is 1. The van der Waals surface area contributed by atoms with Crippen LogP contribution >= 0.6 is 11.6 Å². The first-order valence-corrected chi connectivity index (χ1v) is 4.35. The van der Waals surface area contributed by atoms with Crippen molar-refractivity contribution in [3.05, 3.63) is 12.2 Å². The van der Waals surface area contributed by atoms with E-state index >= 15 is 0 Å². The molecule has 0 radical (unpaired) electrons. The van der Waals surface area contributed by atoms with Gasteiger partial charge in [-0.1, -0.05) is 6.58 Å². The van der Waals surface area contributed by atoms with Gasteiger partial charge in [0.1, 0.15) is 0 Å². The third-order valence-electron chi connectivity index (χ3n) is 1.79.